The average Bonchev–Trinajstić information content (AvgIpc) is 2.38. The normalized spacial score (nSPS) is 12.8. The Balaban J connectivity index is 0.000000516. The molecule has 0 aliphatic carbocycles. The molecular formula is C14H16N2O. The Labute approximate surface area is 101 Å². The molecule has 0 unspecified atom stereocenters. The molecule has 0 saturated carbocycles. The number of amidine groups is 1. The summed E-state index contributed by atoms with van der Waals surface area (Å²) in [5, 5.41) is 1.94. The van der Waals surface area contributed by atoms with Crippen molar-refractivity contribution in [1.29, 1.82) is 0 Å². The zero-order valence-corrected chi connectivity index (χ0v) is 9.90. The predicted molar refractivity (Wildman–Crippen MR) is 72.5 cm³/mol. The van der Waals surface area contributed by atoms with E-state index in [2.05, 4.69) is 4.99 Å². The van der Waals surface area contributed by atoms with Gasteiger partial charge in [-0.2, -0.15) is 4.99 Å². The monoisotopic (exact) mass is 229 g/mol. The van der Waals surface area contributed by atoms with Gasteiger partial charge in [-0.15, -0.1) is 0 Å². The van der Waals surface area contributed by atoms with Gasteiger partial charge >= 0.3 is 0 Å². The standard InChI is InChI=1S/C12H8N2O.C2H6.H2/c13-11-8-5-1-3-7-4-2-6-9(10(7)8)12(15)14-11;1-2;/h1-6H,(H2,13,14,15);1-2H3;1H/i;;1+1. The third-order valence-corrected chi connectivity index (χ3v) is 2.63. The molecule has 3 heteroatoms. The highest BCUT2D eigenvalue weighted by atomic mass is 16.1. The van der Waals surface area contributed by atoms with Gasteiger partial charge in [0.15, 0.2) is 0 Å². The lowest BCUT2D eigenvalue weighted by atomic mass is 9.96. The summed E-state index contributed by atoms with van der Waals surface area (Å²) in [5.41, 5.74) is 7.21. The van der Waals surface area contributed by atoms with Gasteiger partial charge in [0.2, 0.25) is 0 Å². The van der Waals surface area contributed by atoms with Gasteiger partial charge in [0.25, 0.3) is 5.91 Å². The van der Waals surface area contributed by atoms with Crippen LogP contribution in [0.2, 0.25) is 0 Å². The van der Waals surface area contributed by atoms with E-state index < -0.39 is 0 Å². The van der Waals surface area contributed by atoms with Crippen LogP contribution in [-0.4, -0.2) is 11.7 Å². The molecule has 1 aliphatic heterocycles. The highest BCUT2D eigenvalue weighted by molar-refractivity contribution is 6.24. The topological polar surface area (TPSA) is 55.4 Å². The number of hydrogen-bond donors (Lipinski definition) is 1. The van der Waals surface area contributed by atoms with E-state index in [4.69, 9.17) is 5.73 Å². The zero-order chi connectivity index (χ0) is 12.4. The second-order valence-corrected chi connectivity index (χ2v) is 3.51. The van der Waals surface area contributed by atoms with Gasteiger partial charge in [-0.05, 0) is 11.5 Å². The average molecular weight is 229 g/mol. The number of carbonyl (C=O) groups is 1. The summed E-state index contributed by atoms with van der Waals surface area (Å²) < 4.78 is 0. The highest BCUT2D eigenvalue weighted by Crippen LogP contribution is 2.26. The summed E-state index contributed by atoms with van der Waals surface area (Å²) in [6, 6.07) is 11.4. The molecule has 0 aromatic heterocycles. The van der Waals surface area contributed by atoms with Crippen molar-refractivity contribution in [3.05, 3.63) is 47.5 Å². The molecule has 0 atom stereocenters. The molecule has 2 aromatic carbocycles. The van der Waals surface area contributed by atoms with Crippen LogP contribution in [0.5, 0.6) is 0 Å². The quantitative estimate of drug-likeness (QED) is 0.755. The van der Waals surface area contributed by atoms with Crippen LogP contribution in [0.25, 0.3) is 10.8 Å². The Morgan fingerprint density at radius 2 is 1.65 bits per heavy atom. The molecular weight excluding hydrogens is 212 g/mol. The summed E-state index contributed by atoms with van der Waals surface area (Å²) in [5.74, 6) is 0.0566. The Hall–Kier alpha value is -2.16. The van der Waals surface area contributed by atoms with E-state index >= 15 is 0 Å². The number of benzene rings is 2. The Bertz CT molecular complexity index is 615. The molecule has 0 bridgehead atoms. The van der Waals surface area contributed by atoms with Crippen molar-refractivity contribution in [2.24, 2.45) is 10.7 Å². The third-order valence-electron chi connectivity index (χ3n) is 2.63. The van der Waals surface area contributed by atoms with Gasteiger partial charge in [-0.3, -0.25) is 4.79 Å². The van der Waals surface area contributed by atoms with Crippen molar-refractivity contribution in [3.8, 4) is 0 Å². The molecule has 2 N–H and O–H groups in total. The van der Waals surface area contributed by atoms with E-state index in [1.165, 1.54) is 0 Å². The van der Waals surface area contributed by atoms with Gasteiger partial charge in [-0.25, -0.2) is 0 Å². The fraction of sp³-hybridized carbons (Fsp3) is 0.143. The van der Waals surface area contributed by atoms with Crippen LogP contribution >= 0.6 is 0 Å². The van der Waals surface area contributed by atoms with Gasteiger partial charge in [0.1, 0.15) is 5.84 Å². The molecule has 88 valence electrons. The first-order valence-corrected chi connectivity index (χ1v) is 5.68. The minimum absolute atomic E-state index is 0. The highest BCUT2D eigenvalue weighted by Gasteiger charge is 2.19. The van der Waals surface area contributed by atoms with Crippen molar-refractivity contribution in [2.45, 2.75) is 13.8 Å². The van der Waals surface area contributed by atoms with Gasteiger partial charge < -0.3 is 5.73 Å². The van der Waals surface area contributed by atoms with E-state index in [0.29, 0.717) is 11.4 Å². The fourth-order valence-electron chi connectivity index (χ4n) is 1.96. The second-order valence-electron chi connectivity index (χ2n) is 3.51. The summed E-state index contributed by atoms with van der Waals surface area (Å²) in [4.78, 5) is 15.4. The van der Waals surface area contributed by atoms with Crippen LogP contribution in [0.4, 0.5) is 0 Å². The smallest absolute Gasteiger partial charge is 0.279 e. The lowest BCUT2D eigenvalue weighted by molar-refractivity contribution is 0.100. The van der Waals surface area contributed by atoms with Crippen LogP contribution < -0.4 is 5.73 Å². The molecule has 1 aliphatic rings. The number of hydrogen-bond acceptors (Lipinski definition) is 2. The molecule has 1 amide bonds. The van der Waals surface area contributed by atoms with Crippen molar-refractivity contribution in [3.63, 3.8) is 0 Å². The van der Waals surface area contributed by atoms with Crippen molar-refractivity contribution in [2.75, 3.05) is 0 Å². The number of aliphatic imine (C=N–C) groups is 1. The summed E-state index contributed by atoms with van der Waals surface area (Å²) in [7, 11) is 0. The van der Waals surface area contributed by atoms with E-state index in [1.54, 1.807) is 6.07 Å². The van der Waals surface area contributed by atoms with Crippen molar-refractivity contribution < 1.29 is 6.22 Å². The van der Waals surface area contributed by atoms with Gasteiger partial charge in [0.05, 0.1) is 5.56 Å². The maximum atomic E-state index is 11.6. The Morgan fingerprint density at radius 3 is 2.29 bits per heavy atom. The number of nitrogens with zero attached hydrogens (tertiary/aromatic N) is 1. The number of amides is 1. The Morgan fingerprint density at radius 1 is 1.06 bits per heavy atom. The lowest BCUT2D eigenvalue weighted by Crippen LogP contribution is -2.20. The zero-order valence-electron chi connectivity index (χ0n) is 9.90. The maximum absolute atomic E-state index is 11.6. The van der Waals surface area contributed by atoms with Gasteiger partial charge in [-0.1, -0.05) is 44.2 Å². The molecule has 1 heterocycles. The minimum atomic E-state index is -0.253. The lowest BCUT2D eigenvalue weighted by Gasteiger charge is -2.13. The molecule has 3 nitrogen and oxygen atoms in total. The van der Waals surface area contributed by atoms with Crippen LogP contribution in [0.15, 0.2) is 41.4 Å². The number of nitrogens with two attached hydrogens (primary N) is 1. The number of carbonyl (C=O) groups excluding carboxylic acids is 1. The van der Waals surface area contributed by atoms with Crippen molar-refractivity contribution >= 4 is 22.5 Å². The fourth-order valence-corrected chi connectivity index (χ4v) is 1.96. The van der Waals surface area contributed by atoms with Crippen molar-refractivity contribution in [1.82, 2.24) is 0 Å². The SMILES string of the molecule is CC.NC1=NC(=O)c2cccc3cccc1c23.[2HH]. The Kier molecular flexibility index (Phi) is 2.91. The first kappa shape index (κ1) is 11.3. The van der Waals surface area contributed by atoms with E-state index in [9.17, 15) is 4.79 Å². The van der Waals surface area contributed by atoms with Crippen LogP contribution in [0.3, 0.4) is 0 Å². The minimum Gasteiger partial charge on any atom is -0.383 e. The van der Waals surface area contributed by atoms with E-state index in [0.717, 1.165) is 16.3 Å². The number of rotatable bonds is 0. The largest absolute Gasteiger partial charge is 0.383 e. The van der Waals surface area contributed by atoms with Crippen LogP contribution in [0, 0.1) is 0 Å². The van der Waals surface area contributed by atoms with E-state index in [-0.39, 0.29) is 7.33 Å². The molecule has 0 radical (unpaired) electrons. The third kappa shape index (κ3) is 1.69. The van der Waals surface area contributed by atoms with Crippen LogP contribution in [-0.2, 0) is 0 Å². The van der Waals surface area contributed by atoms with Crippen LogP contribution in [0.1, 0.15) is 31.2 Å². The summed E-state index contributed by atoms with van der Waals surface area (Å²) in [6.07, 6.45) is 0. The first-order chi connectivity index (χ1) is 8.27. The second kappa shape index (κ2) is 4.37. The predicted octanol–water partition coefficient (Wildman–Crippen LogP) is 2.97. The molecule has 0 fully saturated rings. The molecule has 0 spiro atoms. The van der Waals surface area contributed by atoms with Gasteiger partial charge in [0, 0.05) is 12.4 Å². The maximum Gasteiger partial charge on any atom is 0.279 e. The summed E-state index contributed by atoms with van der Waals surface area (Å²) in [6.45, 7) is 4.00. The molecule has 0 saturated heterocycles. The molecule has 17 heavy (non-hydrogen) atoms. The van der Waals surface area contributed by atoms with E-state index in [1.807, 2.05) is 44.2 Å². The molecule has 3 rings (SSSR count). The molecule has 2 aromatic rings. The first-order valence-electron chi connectivity index (χ1n) is 5.68. The summed E-state index contributed by atoms with van der Waals surface area (Å²) >= 11 is 0.